The predicted molar refractivity (Wildman–Crippen MR) is 70.8 cm³/mol. The Kier molecular flexibility index (Phi) is 3.81. The van der Waals surface area contributed by atoms with E-state index in [0.717, 1.165) is 31.4 Å². The van der Waals surface area contributed by atoms with E-state index < -0.39 is 0 Å². The first kappa shape index (κ1) is 12.0. The molecule has 3 rings (SSSR count). The molecule has 3 nitrogen and oxygen atoms in total. The average Bonchev–Trinajstić information content (AvgIpc) is 3.09. The van der Waals surface area contributed by atoms with E-state index in [1.165, 1.54) is 24.8 Å². The molecule has 2 fully saturated rings. The van der Waals surface area contributed by atoms with Crippen molar-refractivity contribution >= 4 is 0 Å². The van der Waals surface area contributed by atoms with Crippen LogP contribution < -0.4 is 10.1 Å². The fraction of sp³-hybridized carbons (Fsp3) is 0.600. The highest BCUT2D eigenvalue weighted by Crippen LogP contribution is 2.20. The fourth-order valence-electron chi connectivity index (χ4n) is 2.22. The summed E-state index contributed by atoms with van der Waals surface area (Å²) in [5, 5.41) is 3.51. The van der Waals surface area contributed by atoms with Crippen LogP contribution in [-0.2, 0) is 11.3 Å². The number of hydrogen-bond acceptors (Lipinski definition) is 3. The van der Waals surface area contributed by atoms with Gasteiger partial charge in [0, 0.05) is 19.2 Å². The highest BCUT2D eigenvalue weighted by atomic mass is 16.5. The van der Waals surface area contributed by atoms with Crippen LogP contribution >= 0.6 is 0 Å². The Balaban J connectivity index is 1.44. The molecule has 0 radical (unpaired) electrons. The minimum absolute atomic E-state index is 0.293. The van der Waals surface area contributed by atoms with E-state index in [9.17, 15) is 0 Å². The summed E-state index contributed by atoms with van der Waals surface area (Å²) in [5.41, 5.74) is 1.33. The molecule has 0 bridgehead atoms. The maximum atomic E-state index is 5.74. The van der Waals surface area contributed by atoms with E-state index >= 15 is 0 Å². The van der Waals surface area contributed by atoms with Gasteiger partial charge in [-0.2, -0.15) is 0 Å². The lowest BCUT2D eigenvalue weighted by Gasteiger charge is -2.11. The van der Waals surface area contributed by atoms with E-state index in [4.69, 9.17) is 9.47 Å². The first-order chi connectivity index (χ1) is 8.90. The van der Waals surface area contributed by atoms with E-state index in [1.54, 1.807) is 0 Å². The smallest absolute Gasteiger partial charge is 0.119 e. The molecule has 2 aliphatic rings. The molecule has 0 spiro atoms. The summed E-state index contributed by atoms with van der Waals surface area (Å²) < 4.78 is 11.3. The van der Waals surface area contributed by atoms with Gasteiger partial charge in [0.05, 0.1) is 6.10 Å². The zero-order chi connectivity index (χ0) is 12.2. The molecule has 3 heteroatoms. The molecular formula is C15H21NO2. The first-order valence-electron chi connectivity index (χ1n) is 6.97. The van der Waals surface area contributed by atoms with Crippen molar-refractivity contribution in [3.8, 4) is 5.75 Å². The van der Waals surface area contributed by atoms with Crippen LogP contribution in [0.3, 0.4) is 0 Å². The predicted octanol–water partition coefficient (Wildman–Crippen LogP) is 2.50. The summed E-state index contributed by atoms with van der Waals surface area (Å²) in [6.07, 6.45) is 5.26. The number of ether oxygens (including phenoxy) is 2. The minimum atomic E-state index is 0.293. The van der Waals surface area contributed by atoms with Crippen molar-refractivity contribution in [1.82, 2.24) is 5.32 Å². The molecule has 1 aromatic carbocycles. The summed E-state index contributed by atoms with van der Waals surface area (Å²) in [4.78, 5) is 0. The average molecular weight is 247 g/mol. The third kappa shape index (κ3) is 3.47. The van der Waals surface area contributed by atoms with Gasteiger partial charge in [-0.25, -0.2) is 0 Å². The van der Waals surface area contributed by atoms with Crippen molar-refractivity contribution in [2.75, 3.05) is 13.2 Å². The van der Waals surface area contributed by atoms with Gasteiger partial charge in [-0.05, 0) is 43.4 Å². The summed E-state index contributed by atoms with van der Waals surface area (Å²) in [6, 6.07) is 9.15. The second-order valence-electron chi connectivity index (χ2n) is 5.25. The molecule has 1 aliphatic heterocycles. The van der Waals surface area contributed by atoms with Gasteiger partial charge in [-0.3, -0.25) is 0 Å². The van der Waals surface area contributed by atoms with Crippen molar-refractivity contribution in [1.29, 1.82) is 0 Å². The highest BCUT2D eigenvalue weighted by Gasteiger charge is 2.19. The molecule has 1 saturated heterocycles. The van der Waals surface area contributed by atoms with Crippen LogP contribution in [0.5, 0.6) is 5.75 Å². The Bertz CT molecular complexity index is 367. The summed E-state index contributed by atoms with van der Waals surface area (Å²) >= 11 is 0. The van der Waals surface area contributed by atoms with Gasteiger partial charge in [-0.15, -0.1) is 0 Å². The Morgan fingerprint density at radius 1 is 1.17 bits per heavy atom. The molecule has 0 aromatic heterocycles. The van der Waals surface area contributed by atoms with Gasteiger partial charge >= 0.3 is 0 Å². The van der Waals surface area contributed by atoms with E-state index in [-0.39, 0.29) is 0 Å². The third-order valence-electron chi connectivity index (χ3n) is 3.56. The second-order valence-corrected chi connectivity index (χ2v) is 5.25. The number of hydrogen-bond donors (Lipinski definition) is 1. The molecule has 1 N–H and O–H groups in total. The lowest BCUT2D eigenvalue weighted by Crippen LogP contribution is -2.16. The molecule has 18 heavy (non-hydrogen) atoms. The highest BCUT2D eigenvalue weighted by molar-refractivity contribution is 5.27. The standard InChI is InChI=1S/C15H21NO2/c1-2-15(17-9-1)11-18-14-7-3-12(4-8-14)10-16-13-5-6-13/h3-4,7-8,13,15-16H,1-2,5-6,9-11H2. The Morgan fingerprint density at radius 2 is 2.00 bits per heavy atom. The molecule has 1 aliphatic carbocycles. The summed E-state index contributed by atoms with van der Waals surface area (Å²) in [5.74, 6) is 0.945. The van der Waals surface area contributed by atoms with Crippen LogP contribution in [0.4, 0.5) is 0 Å². The third-order valence-corrected chi connectivity index (χ3v) is 3.56. The van der Waals surface area contributed by atoms with Gasteiger partial charge in [0.2, 0.25) is 0 Å². The van der Waals surface area contributed by atoms with Gasteiger partial charge in [-0.1, -0.05) is 12.1 Å². The number of rotatable bonds is 6. The van der Waals surface area contributed by atoms with Crippen LogP contribution in [0.1, 0.15) is 31.2 Å². The molecule has 1 aromatic rings. The second kappa shape index (κ2) is 5.72. The van der Waals surface area contributed by atoms with Gasteiger partial charge in [0.1, 0.15) is 12.4 Å². The quantitative estimate of drug-likeness (QED) is 0.838. The molecular weight excluding hydrogens is 226 g/mol. The minimum Gasteiger partial charge on any atom is -0.491 e. The van der Waals surface area contributed by atoms with E-state index in [2.05, 4.69) is 29.6 Å². The summed E-state index contributed by atoms with van der Waals surface area (Å²) in [7, 11) is 0. The van der Waals surface area contributed by atoms with Crippen LogP contribution in [0.25, 0.3) is 0 Å². The zero-order valence-electron chi connectivity index (χ0n) is 10.7. The lowest BCUT2D eigenvalue weighted by atomic mass is 10.2. The molecule has 1 heterocycles. The van der Waals surface area contributed by atoms with Crippen LogP contribution in [0, 0.1) is 0 Å². The molecule has 98 valence electrons. The van der Waals surface area contributed by atoms with Crippen molar-refractivity contribution in [3.63, 3.8) is 0 Å². The van der Waals surface area contributed by atoms with Crippen molar-refractivity contribution < 1.29 is 9.47 Å². The van der Waals surface area contributed by atoms with Crippen LogP contribution in [0.15, 0.2) is 24.3 Å². The molecule has 1 atom stereocenters. The molecule has 0 amide bonds. The van der Waals surface area contributed by atoms with Gasteiger partial charge in [0.25, 0.3) is 0 Å². The maximum absolute atomic E-state index is 5.74. The molecule has 1 unspecified atom stereocenters. The number of nitrogens with one attached hydrogen (secondary N) is 1. The van der Waals surface area contributed by atoms with E-state index in [1.807, 2.05) is 0 Å². The SMILES string of the molecule is c1cc(OCC2CCCO2)ccc1CNC1CC1. The van der Waals surface area contributed by atoms with Crippen molar-refractivity contribution in [2.24, 2.45) is 0 Å². The van der Waals surface area contributed by atoms with Crippen LogP contribution in [0.2, 0.25) is 0 Å². The van der Waals surface area contributed by atoms with Gasteiger partial charge in [0.15, 0.2) is 0 Å². The van der Waals surface area contributed by atoms with Crippen molar-refractivity contribution in [2.45, 2.75) is 44.4 Å². The largest absolute Gasteiger partial charge is 0.491 e. The monoisotopic (exact) mass is 247 g/mol. The lowest BCUT2D eigenvalue weighted by molar-refractivity contribution is 0.0679. The topological polar surface area (TPSA) is 30.5 Å². The number of benzene rings is 1. The Morgan fingerprint density at radius 3 is 2.67 bits per heavy atom. The van der Waals surface area contributed by atoms with E-state index in [0.29, 0.717) is 12.7 Å². The van der Waals surface area contributed by atoms with Crippen LogP contribution in [-0.4, -0.2) is 25.4 Å². The maximum Gasteiger partial charge on any atom is 0.119 e. The Labute approximate surface area is 108 Å². The zero-order valence-corrected chi connectivity index (χ0v) is 10.7. The fourth-order valence-corrected chi connectivity index (χ4v) is 2.22. The normalized spacial score (nSPS) is 23.2. The van der Waals surface area contributed by atoms with Crippen molar-refractivity contribution in [3.05, 3.63) is 29.8 Å². The first-order valence-corrected chi connectivity index (χ1v) is 6.97. The van der Waals surface area contributed by atoms with Gasteiger partial charge < -0.3 is 14.8 Å². The molecule has 1 saturated carbocycles. The summed E-state index contributed by atoms with van der Waals surface area (Å²) in [6.45, 7) is 2.54. The Hall–Kier alpha value is -1.06.